The van der Waals surface area contributed by atoms with Gasteiger partial charge in [-0.3, -0.25) is 9.59 Å². The van der Waals surface area contributed by atoms with Crippen LogP contribution in [0.5, 0.6) is 0 Å². The molecule has 2 aromatic heterocycles. The van der Waals surface area contributed by atoms with Gasteiger partial charge in [-0.2, -0.15) is 28.3 Å². The molecule has 204 valence electrons. The van der Waals surface area contributed by atoms with Gasteiger partial charge < -0.3 is 10.6 Å². The van der Waals surface area contributed by atoms with E-state index in [9.17, 15) is 28.0 Å². The number of carbonyl (C=O) groups excluding carboxylic acids is 2. The number of aromatic nitrogens is 6. The van der Waals surface area contributed by atoms with Gasteiger partial charge in [0, 0.05) is 10.2 Å². The van der Waals surface area contributed by atoms with Crippen molar-refractivity contribution in [1.29, 1.82) is 5.26 Å². The molecule has 2 aromatic carbocycles. The Bertz CT molecular complexity index is 1690. The van der Waals surface area contributed by atoms with E-state index in [1.807, 2.05) is 6.07 Å². The van der Waals surface area contributed by atoms with Crippen molar-refractivity contribution in [2.24, 2.45) is 0 Å². The zero-order chi connectivity index (χ0) is 29.2. The maximum absolute atomic E-state index is 13.6. The lowest BCUT2D eigenvalue weighted by Crippen LogP contribution is -2.25. The minimum absolute atomic E-state index is 0.00641. The number of nitriles is 1. The van der Waals surface area contributed by atoms with Gasteiger partial charge in [0.25, 0.3) is 17.6 Å². The molecule has 2 heterocycles. The summed E-state index contributed by atoms with van der Waals surface area (Å²) >= 11 is 3.42. The van der Waals surface area contributed by atoms with E-state index in [4.69, 9.17) is 0 Å². The van der Waals surface area contributed by atoms with Crippen LogP contribution in [0.15, 0.2) is 59.2 Å². The van der Waals surface area contributed by atoms with Crippen molar-refractivity contribution in [3.63, 3.8) is 0 Å². The normalized spacial score (nSPS) is 11.1. The van der Waals surface area contributed by atoms with Gasteiger partial charge in [-0.05, 0) is 70.9 Å². The number of para-hydroxylation sites is 1. The quantitative estimate of drug-likeness (QED) is 0.315. The summed E-state index contributed by atoms with van der Waals surface area (Å²) in [5.74, 6) is -2.68. The molecular weight excluding hydrogens is 595 g/mol. The fourth-order valence-electron chi connectivity index (χ4n) is 3.68. The first-order chi connectivity index (χ1) is 18.9. The van der Waals surface area contributed by atoms with Crippen LogP contribution in [0.4, 0.5) is 18.9 Å². The van der Waals surface area contributed by atoms with E-state index in [1.54, 1.807) is 38.1 Å². The molecule has 4 rings (SSSR count). The van der Waals surface area contributed by atoms with E-state index in [0.717, 1.165) is 0 Å². The summed E-state index contributed by atoms with van der Waals surface area (Å²) in [6.45, 7) is 6.54. The number of hydrogen-bond donors (Lipinski definition) is 2. The summed E-state index contributed by atoms with van der Waals surface area (Å²) in [5, 5.41) is 28.8. The van der Waals surface area contributed by atoms with Crippen molar-refractivity contribution < 1.29 is 22.8 Å². The van der Waals surface area contributed by atoms with Gasteiger partial charge in [0.2, 0.25) is 0 Å². The molecule has 0 bridgehead atoms. The molecule has 15 heteroatoms. The monoisotopic (exact) mass is 613 g/mol. The average Bonchev–Trinajstić information content (AvgIpc) is 3.52. The fraction of sp³-hybridized carbons (Fsp3) is 0.160. The number of anilines is 1. The molecule has 0 radical (unpaired) electrons. The van der Waals surface area contributed by atoms with Gasteiger partial charge in [0.05, 0.1) is 34.3 Å². The maximum atomic E-state index is 13.6. The maximum Gasteiger partial charge on any atom is 0.455 e. The Labute approximate surface area is 233 Å². The van der Waals surface area contributed by atoms with Crippen molar-refractivity contribution in [1.82, 2.24) is 35.3 Å². The minimum atomic E-state index is -4.77. The molecule has 0 atom stereocenters. The zero-order valence-corrected chi connectivity index (χ0v) is 22.5. The number of halogens is 4. The Hall–Kier alpha value is -4.84. The van der Waals surface area contributed by atoms with Crippen LogP contribution in [0.3, 0.4) is 0 Å². The highest BCUT2D eigenvalue weighted by atomic mass is 79.9. The van der Waals surface area contributed by atoms with E-state index in [2.05, 4.69) is 53.7 Å². The molecule has 4 aromatic rings. The van der Waals surface area contributed by atoms with Gasteiger partial charge in [-0.1, -0.05) is 18.7 Å². The molecule has 0 aliphatic heterocycles. The Morgan fingerprint density at radius 3 is 2.50 bits per heavy atom. The number of tetrazole rings is 1. The molecule has 0 unspecified atom stereocenters. The first kappa shape index (κ1) is 28.2. The molecule has 0 saturated heterocycles. The summed E-state index contributed by atoms with van der Waals surface area (Å²) in [4.78, 5) is 27.2. The summed E-state index contributed by atoms with van der Waals surface area (Å²) < 4.78 is 40.6. The average molecular weight is 614 g/mol. The van der Waals surface area contributed by atoms with Crippen LogP contribution < -0.4 is 10.6 Å². The van der Waals surface area contributed by atoms with Gasteiger partial charge >= 0.3 is 6.18 Å². The number of hydrogen-bond acceptors (Lipinski definition) is 7. The van der Waals surface area contributed by atoms with Gasteiger partial charge in [-0.15, -0.1) is 10.2 Å². The third kappa shape index (κ3) is 6.07. The molecule has 0 aliphatic carbocycles. The van der Waals surface area contributed by atoms with Crippen LogP contribution in [0.1, 0.15) is 50.4 Å². The molecule has 40 heavy (non-hydrogen) atoms. The lowest BCUT2D eigenvalue weighted by molar-refractivity contribution is -0.145. The number of aryl methyl sites for hydroxylation is 1. The van der Waals surface area contributed by atoms with Crippen LogP contribution in [-0.2, 0) is 12.7 Å². The number of nitrogens with one attached hydrogen (secondary N) is 2. The molecule has 0 spiro atoms. The number of carbonyl (C=O) groups is 2. The Kier molecular flexibility index (Phi) is 7.82. The summed E-state index contributed by atoms with van der Waals surface area (Å²) in [6.07, 6.45) is -4.77. The number of rotatable bonds is 7. The van der Waals surface area contributed by atoms with Crippen molar-refractivity contribution in [3.05, 3.63) is 93.1 Å². The predicted octanol–water partition coefficient (Wildman–Crippen LogP) is 4.38. The Morgan fingerprint density at radius 1 is 1.15 bits per heavy atom. The SMILES string of the molecule is C=C(C)NC(=O)c1cc(C#N)cc(C)c1NC(=O)c1cc(Cn2nnc(C(F)(F)F)n2)nn1-c1ccccc1Br. The largest absolute Gasteiger partial charge is 0.455 e. The zero-order valence-electron chi connectivity index (χ0n) is 20.9. The number of amides is 2. The first-order valence-electron chi connectivity index (χ1n) is 11.4. The Balaban J connectivity index is 1.76. The van der Waals surface area contributed by atoms with Crippen molar-refractivity contribution >= 4 is 33.4 Å². The van der Waals surface area contributed by atoms with Crippen LogP contribution >= 0.6 is 15.9 Å². The van der Waals surface area contributed by atoms with E-state index in [0.29, 0.717) is 26.2 Å². The third-order valence-corrected chi connectivity index (χ3v) is 6.03. The topological polar surface area (TPSA) is 143 Å². The van der Waals surface area contributed by atoms with Gasteiger partial charge in [0.15, 0.2) is 0 Å². The van der Waals surface area contributed by atoms with Crippen molar-refractivity contribution in [3.8, 4) is 11.8 Å². The van der Waals surface area contributed by atoms with Crippen molar-refractivity contribution in [2.75, 3.05) is 5.32 Å². The Morgan fingerprint density at radius 2 is 1.88 bits per heavy atom. The number of alkyl halides is 3. The predicted molar refractivity (Wildman–Crippen MR) is 139 cm³/mol. The number of benzene rings is 2. The van der Waals surface area contributed by atoms with Crippen LogP contribution in [0.25, 0.3) is 5.69 Å². The van der Waals surface area contributed by atoms with Gasteiger partial charge in [-0.25, -0.2) is 4.68 Å². The summed E-state index contributed by atoms with van der Waals surface area (Å²) in [6, 6.07) is 13.0. The smallest absolute Gasteiger partial charge is 0.327 e. The second kappa shape index (κ2) is 11.1. The second-order valence-electron chi connectivity index (χ2n) is 8.54. The highest BCUT2D eigenvalue weighted by Crippen LogP contribution is 2.27. The molecule has 0 saturated carbocycles. The van der Waals surface area contributed by atoms with Crippen LogP contribution in [0.2, 0.25) is 0 Å². The van der Waals surface area contributed by atoms with Crippen molar-refractivity contribution in [2.45, 2.75) is 26.6 Å². The van der Waals surface area contributed by atoms with E-state index in [1.165, 1.54) is 22.9 Å². The third-order valence-electron chi connectivity index (χ3n) is 5.36. The molecule has 0 aliphatic rings. The summed E-state index contributed by atoms with van der Waals surface area (Å²) in [7, 11) is 0. The van der Waals surface area contributed by atoms with E-state index >= 15 is 0 Å². The lowest BCUT2D eigenvalue weighted by Gasteiger charge is -2.15. The molecular formula is C25H19BrF3N9O2. The lowest BCUT2D eigenvalue weighted by atomic mass is 10.0. The summed E-state index contributed by atoms with van der Waals surface area (Å²) in [5.41, 5.74) is 1.80. The van der Waals surface area contributed by atoms with Crippen LogP contribution in [-0.4, -0.2) is 41.8 Å². The highest BCUT2D eigenvalue weighted by Gasteiger charge is 2.37. The van der Waals surface area contributed by atoms with E-state index in [-0.39, 0.29) is 34.7 Å². The minimum Gasteiger partial charge on any atom is -0.327 e. The number of allylic oxidation sites excluding steroid dienone is 1. The van der Waals surface area contributed by atoms with Crippen LogP contribution in [0, 0.1) is 18.3 Å². The first-order valence-corrected chi connectivity index (χ1v) is 12.2. The molecule has 11 nitrogen and oxygen atoms in total. The number of nitrogens with zero attached hydrogens (tertiary/aromatic N) is 7. The second-order valence-corrected chi connectivity index (χ2v) is 9.40. The fourth-order valence-corrected chi connectivity index (χ4v) is 4.13. The van der Waals surface area contributed by atoms with E-state index < -0.39 is 23.8 Å². The molecule has 2 amide bonds. The molecule has 2 N–H and O–H groups in total. The highest BCUT2D eigenvalue weighted by molar-refractivity contribution is 9.10. The van der Waals surface area contributed by atoms with Gasteiger partial charge in [0.1, 0.15) is 12.2 Å². The molecule has 0 fully saturated rings. The standard InChI is InChI=1S/C25H19BrF3N9O2/c1-13(2)31-22(39)17-9-15(11-30)8-14(3)21(17)32-23(40)20-10-16(12-37-35-24(33-36-37)25(27,28)29)34-38(20)19-7-5-4-6-18(19)26/h4-10H,1,12H2,2-3H3,(H,31,39)(H,32,40).